The van der Waals surface area contributed by atoms with Gasteiger partial charge in [-0.3, -0.25) is 5.10 Å². The van der Waals surface area contributed by atoms with Crippen molar-refractivity contribution < 1.29 is 9.47 Å². The Morgan fingerprint density at radius 2 is 2.09 bits per heavy atom. The first-order valence-electron chi connectivity index (χ1n) is 7.59. The lowest BCUT2D eigenvalue weighted by Gasteiger charge is -2.23. The van der Waals surface area contributed by atoms with E-state index >= 15 is 0 Å². The molecule has 7 nitrogen and oxygen atoms in total. The van der Waals surface area contributed by atoms with Gasteiger partial charge < -0.3 is 9.47 Å². The Morgan fingerprint density at radius 1 is 1.17 bits per heavy atom. The number of hydrogen-bond donors (Lipinski definition) is 1. The summed E-state index contributed by atoms with van der Waals surface area (Å²) in [6.07, 6.45) is 3.54. The van der Waals surface area contributed by atoms with E-state index in [1.165, 1.54) is 0 Å². The molecule has 0 radical (unpaired) electrons. The molecule has 1 aromatic carbocycles. The Morgan fingerprint density at radius 3 is 2.83 bits per heavy atom. The first kappa shape index (κ1) is 14.1. The molecular formula is C16H17N5O2. The molecule has 2 aromatic heterocycles. The molecule has 1 fully saturated rings. The maximum absolute atomic E-state index is 5.73. The largest absolute Gasteiger partial charge is 0.376 e. The highest BCUT2D eigenvalue weighted by atomic mass is 16.6. The van der Waals surface area contributed by atoms with Crippen molar-refractivity contribution in [2.45, 2.75) is 12.6 Å². The molecular weight excluding hydrogens is 294 g/mol. The van der Waals surface area contributed by atoms with Crippen LogP contribution >= 0.6 is 0 Å². The highest BCUT2D eigenvalue weighted by molar-refractivity contribution is 5.60. The zero-order valence-electron chi connectivity index (χ0n) is 12.6. The van der Waals surface area contributed by atoms with E-state index in [2.05, 4.69) is 20.3 Å². The Balaban J connectivity index is 1.69. The smallest absolute Gasteiger partial charge is 0.181 e. The average molecular weight is 311 g/mol. The van der Waals surface area contributed by atoms with E-state index in [0.717, 1.165) is 17.0 Å². The minimum Gasteiger partial charge on any atom is -0.376 e. The van der Waals surface area contributed by atoms with Crippen LogP contribution in [-0.4, -0.2) is 50.9 Å². The molecule has 1 atom stereocenters. The lowest BCUT2D eigenvalue weighted by Crippen LogP contribution is -2.32. The van der Waals surface area contributed by atoms with Crippen molar-refractivity contribution in [3.63, 3.8) is 0 Å². The van der Waals surface area contributed by atoms with Crippen LogP contribution in [0, 0.1) is 0 Å². The number of ether oxygens (including phenoxy) is 2. The van der Waals surface area contributed by atoms with E-state index in [0.29, 0.717) is 32.2 Å². The summed E-state index contributed by atoms with van der Waals surface area (Å²) in [4.78, 5) is 4.68. The minimum absolute atomic E-state index is 0.0141. The SMILES string of the molecule is c1ccc(-c2nc(-c3cn[nH]c3)n(C[C@@H]3COCCO3)n2)cc1. The maximum atomic E-state index is 5.73. The van der Waals surface area contributed by atoms with Crippen LogP contribution in [0.1, 0.15) is 0 Å². The molecule has 118 valence electrons. The lowest BCUT2D eigenvalue weighted by molar-refractivity contribution is -0.0944. The van der Waals surface area contributed by atoms with Crippen molar-refractivity contribution in [2.24, 2.45) is 0 Å². The van der Waals surface area contributed by atoms with Crippen LogP contribution < -0.4 is 0 Å². The fraction of sp³-hybridized carbons (Fsp3) is 0.312. The van der Waals surface area contributed by atoms with Gasteiger partial charge in [0.25, 0.3) is 0 Å². The Labute approximate surface area is 133 Å². The number of hydrogen-bond acceptors (Lipinski definition) is 5. The molecule has 0 unspecified atom stereocenters. The van der Waals surface area contributed by atoms with Crippen molar-refractivity contribution in [1.29, 1.82) is 0 Å². The van der Waals surface area contributed by atoms with Crippen LogP contribution in [0.2, 0.25) is 0 Å². The summed E-state index contributed by atoms with van der Waals surface area (Å²) in [5.74, 6) is 1.46. The molecule has 1 saturated heterocycles. The summed E-state index contributed by atoms with van der Waals surface area (Å²) >= 11 is 0. The zero-order chi connectivity index (χ0) is 15.5. The molecule has 4 rings (SSSR count). The summed E-state index contributed by atoms with van der Waals surface area (Å²) in [5.41, 5.74) is 1.88. The predicted molar refractivity (Wildman–Crippen MR) is 83.6 cm³/mol. The van der Waals surface area contributed by atoms with E-state index in [1.54, 1.807) is 6.20 Å². The van der Waals surface area contributed by atoms with Crippen LogP contribution in [0.4, 0.5) is 0 Å². The van der Waals surface area contributed by atoms with Gasteiger partial charge in [-0.05, 0) is 0 Å². The summed E-state index contributed by atoms with van der Waals surface area (Å²) in [6.45, 7) is 2.44. The topological polar surface area (TPSA) is 77.9 Å². The Bertz CT molecular complexity index is 748. The van der Waals surface area contributed by atoms with E-state index < -0.39 is 0 Å². The zero-order valence-corrected chi connectivity index (χ0v) is 12.6. The van der Waals surface area contributed by atoms with Crippen LogP contribution in [0.15, 0.2) is 42.7 Å². The van der Waals surface area contributed by atoms with Crippen molar-refractivity contribution in [1.82, 2.24) is 25.0 Å². The molecule has 1 aliphatic heterocycles. The normalized spacial score (nSPS) is 18.2. The first-order chi connectivity index (χ1) is 11.4. The van der Waals surface area contributed by atoms with Crippen LogP contribution in [-0.2, 0) is 16.0 Å². The second-order valence-corrected chi connectivity index (χ2v) is 5.36. The molecule has 0 aliphatic carbocycles. The fourth-order valence-electron chi connectivity index (χ4n) is 2.60. The first-order valence-corrected chi connectivity index (χ1v) is 7.59. The molecule has 0 saturated carbocycles. The van der Waals surface area contributed by atoms with Crippen molar-refractivity contribution in [3.8, 4) is 22.8 Å². The van der Waals surface area contributed by atoms with Gasteiger partial charge in [0, 0.05) is 11.8 Å². The number of H-pyrrole nitrogens is 1. The minimum atomic E-state index is -0.0141. The van der Waals surface area contributed by atoms with Crippen LogP contribution in [0.25, 0.3) is 22.8 Å². The number of benzene rings is 1. The third kappa shape index (κ3) is 3.01. The molecule has 0 bridgehead atoms. The van der Waals surface area contributed by atoms with E-state index in [-0.39, 0.29) is 6.10 Å². The van der Waals surface area contributed by atoms with E-state index in [1.807, 2.05) is 41.2 Å². The molecule has 7 heteroatoms. The van der Waals surface area contributed by atoms with E-state index in [9.17, 15) is 0 Å². The summed E-state index contributed by atoms with van der Waals surface area (Å²) < 4.78 is 13.1. The Kier molecular flexibility index (Phi) is 3.87. The van der Waals surface area contributed by atoms with Gasteiger partial charge in [-0.25, -0.2) is 9.67 Å². The van der Waals surface area contributed by atoms with Gasteiger partial charge in [0.05, 0.1) is 38.1 Å². The van der Waals surface area contributed by atoms with Gasteiger partial charge in [0.15, 0.2) is 11.6 Å². The van der Waals surface area contributed by atoms with Crippen molar-refractivity contribution in [2.75, 3.05) is 19.8 Å². The molecule has 1 N–H and O–H groups in total. The number of aromatic amines is 1. The van der Waals surface area contributed by atoms with E-state index in [4.69, 9.17) is 9.47 Å². The molecule has 23 heavy (non-hydrogen) atoms. The van der Waals surface area contributed by atoms with Gasteiger partial charge >= 0.3 is 0 Å². The number of aromatic nitrogens is 5. The number of rotatable bonds is 4. The highest BCUT2D eigenvalue weighted by Crippen LogP contribution is 2.22. The summed E-state index contributed by atoms with van der Waals surface area (Å²) in [5, 5.41) is 11.5. The summed E-state index contributed by atoms with van der Waals surface area (Å²) in [7, 11) is 0. The monoisotopic (exact) mass is 311 g/mol. The second-order valence-electron chi connectivity index (χ2n) is 5.36. The highest BCUT2D eigenvalue weighted by Gasteiger charge is 2.20. The molecule has 0 amide bonds. The fourth-order valence-corrected chi connectivity index (χ4v) is 2.60. The molecule has 3 heterocycles. The Hall–Kier alpha value is -2.51. The standard InChI is InChI=1S/C16H17N5O2/c1-2-4-12(5-3-1)15-19-16(13-8-17-18-9-13)21(20-15)10-14-11-22-6-7-23-14/h1-5,8-9,14H,6-7,10-11H2,(H,17,18)/t14-/m1/s1. The van der Waals surface area contributed by atoms with Gasteiger partial charge in [-0.1, -0.05) is 30.3 Å². The van der Waals surface area contributed by atoms with Crippen LogP contribution in [0.5, 0.6) is 0 Å². The van der Waals surface area contributed by atoms with Gasteiger partial charge in [-0.2, -0.15) is 10.2 Å². The van der Waals surface area contributed by atoms with Crippen molar-refractivity contribution >= 4 is 0 Å². The van der Waals surface area contributed by atoms with Gasteiger partial charge in [0.2, 0.25) is 0 Å². The lowest BCUT2D eigenvalue weighted by atomic mass is 10.2. The quantitative estimate of drug-likeness (QED) is 0.794. The van der Waals surface area contributed by atoms with Gasteiger partial charge in [0.1, 0.15) is 6.10 Å². The molecule has 3 aromatic rings. The maximum Gasteiger partial charge on any atom is 0.181 e. The number of nitrogens with zero attached hydrogens (tertiary/aromatic N) is 4. The van der Waals surface area contributed by atoms with Crippen molar-refractivity contribution in [3.05, 3.63) is 42.7 Å². The molecule has 1 aliphatic rings. The van der Waals surface area contributed by atoms with Gasteiger partial charge in [-0.15, -0.1) is 0 Å². The second kappa shape index (κ2) is 6.31. The average Bonchev–Trinajstić information content (AvgIpc) is 3.26. The number of nitrogens with one attached hydrogen (secondary N) is 1. The predicted octanol–water partition coefficient (Wildman–Crippen LogP) is 1.75. The molecule has 0 spiro atoms. The summed E-state index contributed by atoms with van der Waals surface area (Å²) in [6, 6.07) is 9.93. The third-order valence-corrected chi connectivity index (χ3v) is 3.72. The third-order valence-electron chi connectivity index (χ3n) is 3.72. The van der Waals surface area contributed by atoms with Crippen LogP contribution in [0.3, 0.4) is 0 Å².